The monoisotopic (exact) mass is 457 g/mol. The highest BCUT2D eigenvalue weighted by Crippen LogP contribution is 2.18. The van der Waals surface area contributed by atoms with E-state index in [1.54, 1.807) is 32.2 Å². The molecule has 0 aliphatic rings. The number of Topliss-reactive ketones (excluding diaryl/α,β-unsaturated/α-hetero) is 1. The van der Waals surface area contributed by atoms with Crippen molar-refractivity contribution in [3.63, 3.8) is 0 Å². The summed E-state index contributed by atoms with van der Waals surface area (Å²) in [6.07, 6.45) is 13.1. The molecule has 2 amide bonds. The number of allylic oxidation sites excluding steroid dienone is 9. The number of nitrogens with zero attached hydrogens (tertiary/aromatic N) is 1. The second-order valence-corrected chi connectivity index (χ2v) is 7.91. The highest BCUT2D eigenvalue weighted by Gasteiger charge is 2.33. The summed E-state index contributed by atoms with van der Waals surface area (Å²) in [5.74, 6) is -1.46. The predicted molar refractivity (Wildman–Crippen MR) is 134 cm³/mol. The topological polar surface area (TPSA) is 98.7 Å². The van der Waals surface area contributed by atoms with Crippen LogP contribution < -0.4 is 10.8 Å². The molecule has 0 saturated heterocycles. The highest BCUT2D eigenvalue weighted by molar-refractivity contribution is 6.09. The Kier molecular flexibility index (Phi) is 14.3. The molecule has 0 aromatic heterocycles. The Hall–Kier alpha value is -3.03. The molecule has 2 unspecified atom stereocenters. The molecular formula is C26H39N3O4. The van der Waals surface area contributed by atoms with E-state index in [9.17, 15) is 14.4 Å². The van der Waals surface area contributed by atoms with Gasteiger partial charge in [0.1, 0.15) is 0 Å². The van der Waals surface area contributed by atoms with E-state index in [1.165, 1.54) is 18.1 Å². The fourth-order valence-corrected chi connectivity index (χ4v) is 2.99. The van der Waals surface area contributed by atoms with Gasteiger partial charge in [-0.1, -0.05) is 75.5 Å². The molecule has 7 heteroatoms. The van der Waals surface area contributed by atoms with Gasteiger partial charge in [0.25, 0.3) is 5.91 Å². The van der Waals surface area contributed by atoms with E-state index in [4.69, 9.17) is 5.21 Å². The highest BCUT2D eigenvalue weighted by atomic mass is 16.5. The van der Waals surface area contributed by atoms with E-state index < -0.39 is 23.6 Å². The lowest BCUT2D eigenvalue weighted by molar-refractivity contribution is -0.146. The van der Waals surface area contributed by atoms with Gasteiger partial charge in [-0.3, -0.25) is 19.6 Å². The molecule has 0 spiro atoms. The number of nitrogens with one attached hydrogen (secondary N) is 2. The Morgan fingerprint density at radius 1 is 1.18 bits per heavy atom. The van der Waals surface area contributed by atoms with Crippen LogP contribution >= 0.6 is 0 Å². The molecule has 0 aromatic carbocycles. The van der Waals surface area contributed by atoms with E-state index in [1.807, 2.05) is 19.1 Å². The van der Waals surface area contributed by atoms with Crippen LogP contribution in [-0.4, -0.2) is 54.4 Å². The molecule has 182 valence electrons. The molecule has 0 rings (SSSR count). The SMILES string of the molecule is C=C/C(=C\C=C(/C)C(=O)N(C)C(C(=O)CNC)C(=O)NO)C(=C)/C=C\C(=C/C)CC(C)CC. The number of likely N-dealkylation sites (N-methyl/N-ethyl adjacent to an activating group) is 2. The van der Waals surface area contributed by atoms with Crippen LogP contribution in [0, 0.1) is 5.92 Å². The van der Waals surface area contributed by atoms with Gasteiger partial charge in [0.05, 0.1) is 6.54 Å². The molecule has 0 aromatic rings. The minimum absolute atomic E-state index is 0.129. The minimum Gasteiger partial charge on any atom is -0.323 e. The van der Waals surface area contributed by atoms with E-state index in [2.05, 4.69) is 38.4 Å². The zero-order chi connectivity index (χ0) is 25.6. The molecule has 0 aliphatic heterocycles. The van der Waals surface area contributed by atoms with Gasteiger partial charge in [0.15, 0.2) is 11.8 Å². The van der Waals surface area contributed by atoms with Gasteiger partial charge in [0, 0.05) is 12.6 Å². The molecule has 0 radical (unpaired) electrons. The van der Waals surface area contributed by atoms with Crippen molar-refractivity contribution in [2.45, 2.75) is 46.6 Å². The van der Waals surface area contributed by atoms with E-state index >= 15 is 0 Å². The maximum Gasteiger partial charge on any atom is 0.273 e. The van der Waals surface area contributed by atoms with Gasteiger partial charge in [0.2, 0.25) is 5.91 Å². The molecule has 0 bridgehead atoms. The van der Waals surface area contributed by atoms with Crippen molar-refractivity contribution in [1.82, 2.24) is 15.7 Å². The quantitative estimate of drug-likeness (QED) is 0.122. The molecule has 0 aliphatic carbocycles. The second kappa shape index (κ2) is 15.7. The lowest BCUT2D eigenvalue weighted by Crippen LogP contribution is -2.53. The smallest absolute Gasteiger partial charge is 0.273 e. The molecule has 0 fully saturated rings. The summed E-state index contributed by atoms with van der Waals surface area (Å²) in [6.45, 7) is 15.7. The van der Waals surface area contributed by atoms with Crippen molar-refractivity contribution in [3.05, 3.63) is 71.9 Å². The zero-order valence-electron chi connectivity index (χ0n) is 20.8. The largest absolute Gasteiger partial charge is 0.323 e. The van der Waals surface area contributed by atoms with E-state index in [0.717, 1.165) is 28.9 Å². The number of amides is 2. The van der Waals surface area contributed by atoms with E-state index in [-0.39, 0.29) is 6.54 Å². The third-order valence-corrected chi connectivity index (χ3v) is 5.31. The molecule has 0 heterocycles. The number of carbonyl (C=O) groups excluding carboxylic acids is 3. The molecular weight excluding hydrogens is 418 g/mol. The van der Waals surface area contributed by atoms with Crippen LogP contribution in [-0.2, 0) is 14.4 Å². The van der Waals surface area contributed by atoms with Crippen LogP contribution in [0.1, 0.15) is 40.5 Å². The van der Waals surface area contributed by atoms with Crippen LogP contribution in [0.5, 0.6) is 0 Å². The van der Waals surface area contributed by atoms with Gasteiger partial charge >= 0.3 is 0 Å². The summed E-state index contributed by atoms with van der Waals surface area (Å²) in [6, 6.07) is -1.45. The van der Waals surface area contributed by atoms with Crippen molar-refractivity contribution >= 4 is 17.6 Å². The molecule has 2 atom stereocenters. The minimum atomic E-state index is -1.45. The standard InChI is InChI=1S/C26H39N3O4/c1-9-18(4)16-21(10-2)14-12-19(5)22(11-3)15-13-20(6)26(32)29(8)24(25(31)28-33)23(30)17-27-7/h10-15,18,24,27,33H,3,5,9,16-17H2,1-2,4,6-8H3,(H,28,31)/b14-12-,20-13+,21-10+,22-15+. The summed E-state index contributed by atoms with van der Waals surface area (Å²) < 4.78 is 0. The first-order valence-electron chi connectivity index (χ1n) is 11.0. The fourth-order valence-electron chi connectivity index (χ4n) is 2.99. The van der Waals surface area contributed by atoms with Gasteiger partial charge in [-0.15, -0.1) is 0 Å². The summed E-state index contributed by atoms with van der Waals surface area (Å²) >= 11 is 0. The van der Waals surface area contributed by atoms with Gasteiger partial charge in [-0.05, 0) is 44.4 Å². The molecule has 0 saturated carbocycles. The first kappa shape index (κ1) is 30.0. The third-order valence-electron chi connectivity index (χ3n) is 5.31. The molecule has 33 heavy (non-hydrogen) atoms. The lowest BCUT2D eigenvalue weighted by atomic mass is 9.97. The zero-order valence-corrected chi connectivity index (χ0v) is 20.8. The summed E-state index contributed by atoms with van der Waals surface area (Å²) in [5.41, 5.74) is 4.43. The predicted octanol–water partition coefficient (Wildman–Crippen LogP) is 3.66. The second-order valence-electron chi connectivity index (χ2n) is 7.91. The average Bonchev–Trinajstić information content (AvgIpc) is 2.80. The molecule has 3 N–H and O–H groups in total. The van der Waals surface area contributed by atoms with Crippen LogP contribution in [0.15, 0.2) is 71.9 Å². The number of carbonyl (C=O) groups is 3. The Morgan fingerprint density at radius 3 is 2.30 bits per heavy atom. The summed E-state index contributed by atoms with van der Waals surface area (Å²) in [5, 5.41) is 11.6. The summed E-state index contributed by atoms with van der Waals surface area (Å²) in [7, 11) is 2.88. The Bertz CT molecular complexity index is 850. The number of rotatable bonds is 14. The fraction of sp³-hybridized carbons (Fsp3) is 0.423. The van der Waals surface area contributed by atoms with Gasteiger partial charge < -0.3 is 10.2 Å². The Morgan fingerprint density at radius 2 is 1.82 bits per heavy atom. The molecule has 7 nitrogen and oxygen atoms in total. The maximum absolute atomic E-state index is 12.8. The number of ketones is 1. The van der Waals surface area contributed by atoms with E-state index in [0.29, 0.717) is 11.5 Å². The van der Waals surface area contributed by atoms with Crippen molar-refractivity contribution in [1.29, 1.82) is 0 Å². The van der Waals surface area contributed by atoms with Crippen molar-refractivity contribution in [2.24, 2.45) is 5.92 Å². The van der Waals surface area contributed by atoms with Crippen molar-refractivity contribution < 1.29 is 19.6 Å². The summed E-state index contributed by atoms with van der Waals surface area (Å²) in [4.78, 5) is 38.0. The maximum atomic E-state index is 12.8. The first-order chi connectivity index (χ1) is 15.6. The average molecular weight is 458 g/mol. The van der Waals surface area contributed by atoms with Crippen LogP contribution in [0.4, 0.5) is 0 Å². The number of hydrogen-bond donors (Lipinski definition) is 3. The van der Waals surface area contributed by atoms with Crippen molar-refractivity contribution in [3.8, 4) is 0 Å². The van der Waals surface area contributed by atoms with Crippen LogP contribution in [0.2, 0.25) is 0 Å². The number of hydrogen-bond acceptors (Lipinski definition) is 5. The number of hydroxylamine groups is 1. The van der Waals surface area contributed by atoms with Gasteiger partial charge in [-0.25, -0.2) is 5.48 Å². The van der Waals surface area contributed by atoms with Gasteiger partial charge in [-0.2, -0.15) is 0 Å². The third kappa shape index (κ3) is 9.97. The first-order valence-corrected chi connectivity index (χ1v) is 11.0. The Labute approximate surface area is 198 Å². The van der Waals surface area contributed by atoms with Crippen molar-refractivity contribution in [2.75, 3.05) is 20.6 Å². The normalized spacial score (nSPS) is 14.6. The van der Waals surface area contributed by atoms with Crippen LogP contribution in [0.3, 0.4) is 0 Å². The lowest BCUT2D eigenvalue weighted by Gasteiger charge is -2.25. The van der Waals surface area contributed by atoms with Crippen LogP contribution in [0.25, 0.3) is 0 Å². The Balaban J connectivity index is 5.61.